The molecule has 1 aromatic carbocycles. The first kappa shape index (κ1) is 15.3. The van der Waals surface area contributed by atoms with Crippen LogP contribution in [0.3, 0.4) is 0 Å². The molecule has 0 bridgehead atoms. The van der Waals surface area contributed by atoms with Gasteiger partial charge in [-0.15, -0.1) is 10.2 Å². The molecule has 0 saturated heterocycles. The Kier molecular flexibility index (Phi) is 5.12. The Hall–Kier alpha value is -2.13. The van der Waals surface area contributed by atoms with Crippen LogP contribution in [-0.4, -0.2) is 39.4 Å². The van der Waals surface area contributed by atoms with Crippen LogP contribution < -0.4 is 16.0 Å². The molecule has 2 rings (SSSR count). The van der Waals surface area contributed by atoms with Crippen molar-refractivity contribution in [1.29, 1.82) is 0 Å². The molecule has 0 spiro atoms. The summed E-state index contributed by atoms with van der Waals surface area (Å²) in [4.78, 5) is 0. The summed E-state index contributed by atoms with van der Waals surface area (Å²) in [6, 6.07) is 5.48. The van der Waals surface area contributed by atoms with Crippen molar-refractivity contribution in [3.05, 3.63) is 34.1 Å². The number of anilines is 1. The molecular formula is C12H15BrN6O2. The van der Waals surface area contributed by atoms with Gasteiger partial charge < -0.3 is 15.7 Å². The third-order valence-electron chi connectivity index (χ3n) is 2.56. The summed E-state index contributed by atoms with van der Waals surface area (Å²) in [6.07, 6.45) is 1.57. The van der Waals surface area contributed by atoms with Gasteiger partial charge in [-0.2, -0.15) is 5.10 Å². The van der Waals surface area contributed by atoms with Crippen LogP contribution in [0.25, 0.3) is 0 Å². The number of nitrogens with zero attached hydrogens (tertiary/aromatic N) is 4. The van der Waals surface area contributed by atoms with Crippen molar-refractivity contribution in [2.24, 2.45) is 5.10 Å². The standard InChI is InChI=1S/C12H15BrN6O2/c1-8-16-18-12(19(8)14)17-15-7-9-6-10(13)2-3-11(9)21-5-4-20/h2-3,6-7,20H,4-5,14H2,1H3,(H,17,18)/b15-7+. The van der Waals surface area contributed by atoms with Crippen LogP contribution in [0.4, 0.5) is 5.95 Å². The fraction of sp³-hybridized carbons (Fsp3) is 0.250. The zero-order valence-electron chi connectivity index (χ0n) is 11.3. The molecule has 8 nitrogen and oxygen atoms in total. The Morgan fingerprint density at radius 2 is 2.33 bits per heavy atom. The maximum absolute atomic E-state index is 8.82. The fourth-order valence-electron chi connectivity index (χ4n) is 1.51. The molecule has 0 aliphatic heterocycles. The Bertz CT molecular complexity index is 643. The molecule has 21 heavy (non-hydrogen) atoms. The summed E-state index contributed by atoms with van der Waals surface area (Å²) in [5.41, 5.74) is 3.44. The van der Waals surface area contributed by atoms with E-state index in [1.165, 1.54) is 4.68 Å². The third kappa shape index (κ3) is 3.92. The highest BCUT2D eigenvalue weighted by molar-refractivity contribution is 9.10. The monoisotopic (exact) mass is 354 g/mol. The SMILES string of the molecule is Cc1nnc(N/N=C/c2cc(Br)ccc2OCCO)n1N. The zero-order valence-corrected chi connectivity index (χ0v) is 12.9. The number of aromatic nitrogens is 3. The van der Waals surface area contributed by atoms with E-state index in [0.29, 0.717) is 17.5 Å². The summed E-state index contributed by atoms with van der Waals surface area (Å²) in [7, 11) is 0. The number of hydrogen-bond acceptors (Lipinski definition) is 7. The highest BCUT2D eigenvalue weighted by Gasteiger charge is 2.05. The van der Waals surface area contributed by atoms with Crippen molar-refractivity contribution in [2.75, 3.05) is 24.5 Å². The molecule has 4 N–H and O–H groups in total. The number of aliphatic hydroxyl groups is 1. The minimum absolute atomic E-state index is 0.0551. The molecular weight excluding hydrogens is 340 g/mol. The highest BCUT2D eigenvalue weighted by atomic mass is 79.9. The van der Waals surface area contributed by atoms with Gasteiger partial charge in [0.05, 0.1) is 12.8 Å². The van der Waals surface area contributed by atoms with Crippen LogP contribution in [0.1, 0.15) is 11.4 Å². The number of nitrogens with two attached hydrogens (primary N) is 1. The molecule has 0 radical (unpaired) electrons. The highest BCUT2D eigenvalue weighted by Crippen LogP contribution is 2.21. The molecule has 0 aliphatic rings. The van der Waals surface area contributed by atoms with Gasteiger partial charge >= 0.3 is 0 Å². The summed E-state index contributed by atoms with van der Waals surface area (Å²) in [5.74, 6) is 7.21. The Labute approximate surface area is 129 Å². The van der Waals surface area contributed by atoms with Gasteiger partial charge in [0.1, 0.15) is 12.4 Å². The van der Waals surface area contributed by atoms with Crippen LogP contribution in [0.5, 0.6) is 5.75 Å². The van der Waals surface area contributed by atoms with E-state index in [2.05, 4.69) is 36.7 Å². The molecule has 1 aromatic heterocycles. The minimum atomic E-state index is -0.0551. The number of halogens is 1. The van der Waals surface area contributed by atoms with E-state index < -0.39 is 0 Å². The van der Waals surface area contributed by atoms with Crippen molar-refractivity contribution in [2.45, 2.75) is 6.92 Å². The van der Waals surface area contributed by atoms with E-state index in [9.17, 15) is 0 Å². The molecule has 112 valence electrons. The second kappa shape index (κ2) is 7.04. The van der Waals surface area contributed by atoms with E-state index in [1.54, 1.807) is 19.2 Å². The van der Waals surface area contributed by atoms with Gasteiger partial charge in [-0.05, 0) is 25.1 Å². The van der Waals surface area contributed by atoms with Crippen molar-refractivity contribution in [3.63, 3.8) is 0 Å². The van der Waals surface area contributed by atoms with Crippen molar-refractivity contribution >= 4 is 28.1 Å². The Balaban J connectivity index is 2.12. The van der Waals surface area contributed by atoms with Crippen LogP contribution >= 0.6 is 15.9 Å². The van der Waals surface area contributed by atoms with Crippen LogP contribution in [0.15, 0.2) is 27.8 Å². The largest absolute Gasteiger partial charge is 0.491 e. The average Bonchev–Trinajstić information content (AvgIpc) is 2.78. The van der Waals surface area contributed by atoms with Crippen molar-refractivity contribution in [1.82, 2.24) is 14.9 Å². The van der Waals surface area contributed by atoms with Crippen molar-refractivity contribution in [3.8, 4) is 5.75 Å². The molecule has 0 atom stereocenters. The van der Waals surface area contributed by atoms with Crippen LogP contribution in [0, 0.1) is 6.92 Å². The lowest BCUT2D eigenvalue weighted by Gasteiger charge is -2.08. The van der Waals surface area contributed by atoms with Crippen LogP contribution in [-0.2, 0) is 0 Å². The molecule has 0 amide bonds. The topological polar surface area (TPSA) is 111 Å². The molecule has 2 aromatic rings. The Morgan fingerprint density at radius 3 is 3.00 bits per heavy atom. The first-order chi connectivity index (χ1) is 10.1. The molecule has 1 heterocycles. The average molecular weight is 355 g/mol. The van der Waals surface area contributed by atoms with E-state index in [4.69, 9.17) is 15.7 Å². The van der Waals surface area contributed by atoms with E-state index in [-0.39, 0.29) is 13.2 Å². The minimum Gasteiger partial charge on any atom is -0.491 e. The van der Waals surface area contributed by atoms with Gasteiger partial charge in [0, 0.05) is 10.0 Å². The molecule has 0 aliphatic carbocycles. The van der Waals surface area contributed by atoms with E-state index in [1.807, 2.05) is 12.1 Å². The lowest BCUT2D eigenvalue weighted by atomic mass is 10.2. The first-order valence-electron chi connectivity index (χ1n) is 6.11. The Morgan fingerprint density at radius 1 is 1.52 bits per heavy atom. The first-order valence-corrected chi connectivity index (χ1v) is 6.90. The van der Waals surface area contributed by atoms with Crippen LogP contribution in [0.2, 0.25) is 0 Å². The normalized spacial score (nSPS) is 11.0. The maximum Gasteiger partial charge on any atom is 0.263 e. The fourth-order valence-corrected chi connectivity index (χ4v) is 1.89. The van der Waals surface area contributed by atoms with Gasteiger partial charge in [-0.3, -0.25) is 0 Å². The quantitative estimate of drug-likeness (QED) is 0.403. The zero-order chi connectivity index (χ0) is 15.2. The molecule has 9 heteroatoms. The number of nitrogen functional groups attached to an aromatic ring is 1. The number of ether oxygens (including phenoxy) is 1. The van der Waals surface area contributed by atoms with Gasteiger partial charge in [0.15, 0.2) is 5.82 Å². The number of rotatable bonds is 6. The van der Waals surface area contributed by atoms with Gasteiger partial charge in [-0.1, -0.05) is 15.9 Å². The molecule has 0 unspecified atom stereocenters. The van der Waals surface area contributed by atoms with Gasteiger partial charge in [0.25, 0.3) is 5.95 Å². The molecule has 0 saturated carbocycles. The van der Waals surface area contributed by atoms with E-state index >= 15 is 0 Å². The third-order valence-corrected chi connectivity index (χ3v) is 3.05. The number of benzene rings is 1. The second-order valence-corrected chi connectivity index (χ2v) is 4.98. The van der Waals surface area contributed by atoms with Crippen molar-refractivity contribution < 1.29 is 9.84 Å². The second-order valence-electron chi connectivity index (χ2n) is 4.07. The van der Waals surface area contributed by atoms with Gasteiger partial charge in [-0.25, -0.2) is 10.1 Å². The predicted octanol–water partition coefficient (Wildman–Crippen LogP) is 0.880. The smallest absolute Gasteiger partial charge is 0.263 e. The van der Waals surface area contributed by atoms with Gasteiger partial charge in [0.2, 0.25) is 0 Å². The molecule has 0 fully saturated rings. The predicted molar refractivity (Wildman–Crippen MR) is 82.8 cm³/mol. The lowest BCUT2D eigenvalue weighted by molar-refractivity contribution is 0.201. The summed E-state index contributed by atoms with van der Waals surface area (Å²) in [6.45, 7) is 1.89. The lowest BCUT2D eigenvalue weighted by Crippen LogP contribution is -2.13. The maximum atomic E-state index is 8.82. The number of hydrazone groups is 1. The van der Waals surface area contributed by atoms with E-state index in [0.717, 1.165) is 10.0 Å². The number of hydrogen-bond donors (Lipinski definition) is 3. The number of aliphatic hydroxyl groups excluding tert-OH is 1. The number of nitrogens with one attached hydrogen (secondary N) is 1. The number of aryl methyl sites for hydroxylation is 1. The summed E-state index contributed by atoms with van der Waals surface area (Å²) < 4.78 is 7.60. The summed E-state index contributed by atoms with van der Waals surface area (Å²) in [5, 5.41) is 20.5. The summed E-state index contributed by atoms with van der Waals surface area (Å²) >= 11 is 3.38.